The second kappa shape index (κ2) is 8.70. The quantitative estimate of drug-likeness (QED) is 0.634. The average molecular weight is 273 g/mol. The van der Waals surface area contributed by atoms with Crippen LogP contribution in [0, 0.1) is 0 Å². The zero-order valence-corrected chi connectivity index (χ0v) is 13.7. The summed E-state index contributed by atoms with van der Waals surface area (Å²) in [7, 11) is -0.0428. The Kier molecular flexibility index (Phi) is 7.42. The molecule has 0 aromatic carbocycles. The maximum Gasteiger partial charge on any atom is 0.140 e. The SMILES string of the molecule is CCC(N)[SiH]1CCO[SiH2][SiH2]1.c1cnnnc1. The molecule has 90 valence electrons. The number of rotatable bonds is 2. The molecule has 0 spiro atoms. The van der Waals surface area contributed by atoms with Gasteiger partial charge in [-0.25, -0.2) is 0 Å². The van der Waals surface area contributed by atoms with Crippen molar-refractivity contribution in [3.63, 3.8) is 0 Å². The van der Waals surface area contributed by atoms with Crippen LogP contribution in [0.2, 0.25) is 6.04 Å². The lowest BCUT2D eigenvalue weighted by Crippen LogP contribution is -2.48. The van der Waals surface area contributed by atoms with Crippen LogP contribution in [-0.4, -0.2) is 53.8 Å². The Labute approximate surface area is 102 Å². The van der Waals surface area contributed by atoms with E-state index in [0.29, 0.717) is 14.2 Å². The Balaban J connectivity index is 0.000000181. The van der Waals surface area contributed by atoms with E-state index in [1.165, 1.54) is 12.5 Å². The summed E-state index contributed by atoms with van der Waals surface area (Å²) < 4.78 is 5.47. The second-order valence-corrected chi connectivity index (χ2v) is 19.5. The third-order valence-electron chi connectivity index (χ3n) is 2.75. The van der Waals surface area contributed by atoms with Crippen molar-refractivity contribution >= 4 is 26.1 Å². The molecule has 2 unspecified atom stereocenters. The van der Waals surface area contributed by atoms with Gasteiger partial charge in [0.1, 0.15) is 9.28 Å². The predicted octanol–water partition coefficient (Wildman–Crippen LogP) is -1.94. The van der Waals surface area contributed by atoms with Gasteiger partial charge >= 0.3 is 0 Å². The molecule has 8 heteroatoms. The molecule has 1 aromatic heterocycles. The first kappa shape index (κ1) is 13.6. The van der Waals surface area contributed by atoms with E-state index in [2.05, 4.69) is 22.3 Å². The first-order chi connectivity index (χ1) is 7.84. The fourth-order valence-electron chi connectivity index (χ4n) is 1.68. The molecule has 0 bridgehead atoms. The van der Waals surface area contributed by atoms with E-state index in [1.54, 1.807) is 18.5 Å². The highest BCUT2D eigenvalue weighted by Gasteiger charge is 2.21. The molecule has 1 fully saturated rings. The van der Waals surface area contributed by atoms with Crippen LogP contribution in [0.25, 0.3) is 0 Å². The Bertz CT molecular complexity index is 234. The first-order valence-electron chi connectivity index (χ1n) is 5.76. The lowest BCUT2D eigenvalue weighted by Gasteiger charge is -2.24. The summed E-state index contributed by atoms with van der Waals surface area (Å²) in [6, 6.07) is 3.11. The Morgan fingerprint density at radius 3 is 2.62 bits per heavy atom. The highest BCUT2D eigenvalue weighted by atomic mass is 29.5. The van der Waals surface area contributed by atoms with Crippen molar-refractivity contribution in [1.29, 1.82) is 0 Å². The van der Waals surface area contributed by atoms with Crippen molar-refractivity contribution in [2.24, 2.45) is 5.73 Å². The topological polar surface area (TPSA) is 73.9 Å². The summed E-state index contributed by atoms with van der Waals surface area (Å²) >= 11 is 0. The van der Waals surface area contributed by atoms with E-state index in [9.17, 15) is 0 Å². The summed E-state index contributed by atoms with van der Waals surface area (Å²) in [5.41, 5.74) is 6.65. The molecule has 2 atom stereocenters. The fraction of sp³-hybridized carbons (Fsp3) is 0.625. The van der Waals surface area contributed by atoms with E-state index in [4.69, 9.17) is 10.2 Å². The molecule has 0 aliphatic carbocycles. The second-order valence-electron chi connectivity index (χ2n) is 3.83. The summed E-state index contributed by atoms with van der Waals surface area (Å²) in [6.45, 7) is 3.30. The molecule has 16 heavy (non-hydrogen) atoms. The van der Waals surface area contributed by atoms with Crippen LogP contribution in [0.15, 0.2) is 18.5 Å². The van der Waals surface area contributed by atoms with E-state index in [1.807, 2.05) is 0 Å². The fourth-order valence-corrected chi connectivity index (χ4v) is 21.5. The highest BCUT2D eigenvalue weighted by molar-refractivity contribution is 7.35. The van der Waals surface area contributed by atoms with Crippen molar-refractivity contribution < 1.29 is 4.43 Å². The molecule has 0 saturated carbocycles. The standard InChI is InChI=1S/C5H17NOSi3.C3H3N3/c1-2-5(6)10-4-3-7-8-9-10;1-2-4-6-5-3-1/h5,10H,2-4,6,8-9H2,1H3;1-3H. The van der Waals surface area contributed by atoms with E-state index < -0.39 is 0 Å². The maximum absolute atomic E-state index is 6.01. The van der Waals surface area contributed by atoms with Crippen LogP contribution >= 0.6 is 0 Å². The molecular formula is C8H20N4OSi3. The molecule has 5 nitrogen and oxygen atoms in total. The molecule has 1 aromatic rings. The van der Waals surface area contributed by atoms with Gasteiger partial charge in [-0.3, -0.25) is 0 Å². The lowest BCUT2D eigenvalue weighted by molar-refractivity contribution is 0.366. The number of nitrogens with zero attached hydrogens (tertiary/aromatic N) is 3. The van der Waals surface area contributed by atoms with Crippen LogP contribution in [0.1, 0.15) is 13.3 Å². The van der Waals surface area contributed by atoms with Gasteiger partial charge in [0.2, 0.25) is 0 Å². The number of nitrogens with two attached hydrogens (primary N) is 1. The zero-order valence-electron chi connectivity index (χ0n) is 9.75. The molecule has 0 radical (unpaired) electrons. The van der Waals surface area contributed by atoms with Gasteiger partial charge in [-0.2, -0.15) is 0 Å². The van der Waals surface area contributed by atoms with Gasteiger partial charge in [0.05, 0.1) is 12.4 Å². The third-order valence-corrected chi connectivity index (χ3v) is 22.6. The first-order valence-corrected chi connectivity index (χ1v) is 15.1. The van der Waals surface area contributed by atoms with Crippen LogP contribution < -0.4 is 5.73 Å². The minimum absolute atomic E-state index is 0.0296. The minimum atomic E-state index is -0.367. The van der Waals surface area contributed by atoms with Crippen molar-refractivity contribution in [3.05, 3.63) is 18.5 Å². The van der Waals surface area contributed by atoms with E-state index in [0.717, 1.165) is 6.61 Å². The lowest BCUT2D eigenvalue weighted by atomic mass is 10.5. The van der Waals surface area contributed by atoms with Crippen LogP contribution in [-0.2, 0) is 4.43 Å². The summed E-state index contributed by atoms with van der Waals surface area (Å²) in [4.78, 5) is 0. The normalized spacial score (nSPS) is 24.8. The zero-order chi connectivity index (χ0) is 11.6. The van der Waals surface area contributed by atoms with Gasteiger partial charge in [0, 0.05) is 23.5 Å². The van der Waals surface area contributed by atoms with Crippen LogP contribution in [0.3, 0.4) is 0 Å². The van der Waals surface area contributed by atoms with Gasteiger partial charge in [0.15, 0.2) is 0 Å². The highest BCUT2D eigenvalue weighted by Crippen LogP contribution is 2.03. The average Bonchev–Trinajstić information content (AvgIpc) is 2.41. The Morgan fingerprint density at radius 2 is 2.25 bits per heavy atom. The Hall–Kier alpha value is -0.419. The van der Waals surface area contributed by atoms with Crippen molar-refractivity contribution in [1.82, 2.24) is 15.4 Å². The van der Waals surface area contributed by atoms with Crippen molar-refractivity contribution in [2.45, 2.75) is 25.1 Å². The maximum atomic E-state index is 6.01. The molecule has 2 rings (SSSR count). The molecule has 0 amide bonds. The summed E-state index contributed by atoms with van der Waals surface area (Å²) in [5.74, 6) is 0. The minimum Gasteiger partial charge on any atom is -0.428 e. The summed E-state index contributed by atoms with van der Waals surface area (Å²) in [6.07, 6.45) is 4.37. The van der Waals surface area contributed by atoms with Gasteiger partial charge in [-0.05, 0) is 29.4 Å². The predicted molar refractivity (Wildman–Crippen MR) is 73.1 cm³/mol. The summed E-state index contributed by atoms with van der Waals surface area (Å²) in [5, 5.41) is 10.1. The smallest absolute Gasteiger partial charge is 0.140 e. The molecule has 1 aliphatic rings. The van der Waals surface area contributed by atoms with Crippen LogP contribution in [0.4, 0.5) is 0 Å². The molecular weight excluding hydrogens is 252 g/mol. The van der Waals surface area contributed by atoms with Gasteiger partial charge in [-0.1, -0.05) is 6.92 Å². The van der Waals surface area contributed by atoms with Crippen molar-refractivity contribution in [2.75, 3.05) is 6.61 Å². The molecule has 2 heterocycles. The van der Waals surface area contributed by atoms with Gasteiger partial charge < -0.3 is 10.2 Å². The molecule has 1 saturated heterocycles. The van der Waals surface area contributed by atoms with Gasteiger partial charge in [0.25, 0.3) is 0 Å². The van der Waals surface area contributed by atoms with E-state index >= 15 is 0 Å². The number of aromatic nitrogens is 3. The van der Waals surface area contributed by atoms with Crippen molar-refractivity contribution in [3.8, 4) is 0 Å². The van der Waals surface area contributed by atoms with E-state index in [-0.39, 0.29) is 17.6 Å². The van der Waals surface area contributed by atoms with Gasteiger partial charge in [-0.15, -0.1) is 10.2 Å². The Morgan fingerprint density at radius 1 is 1.50 bits per heavy atom. The molecule has 1 aliphatic heterocycles. The largest absolute Gasteiger partial charge is 0.428 e. The monoisotopic (exact) mass is 272 g/mol. The third kappa shape index (κ3) is 5.61. The number of hydrogen-bond acceptors (Lipinski definition) is 5. The van der Waals surface area contributed by atoms with Crippen LogP contribution in [0.5, 0.6) is 0 Å². The number of hydrogen-bond donors (Lipinski definition) is 1. The molecule has 2 N–H and O–H groups in total.